The summed E-state index contributed by atoms with van der Waals surface area (Å²) in [6.45, 7) is 1.46. The minimum Gasteiger partial charge on any atom is -0.481 e. The zero-order valence-corrected chi connectivity index (χ0v) is 11.9. The Kier molecular flexibility index (Phi) is 4.10. The summed E-state index contributed by atoms with van der Waals surface area (Å²) >= 11 is 0. The minimum absolute atomic E-state index is 0.0268. The molecule has 0 amide bonds. The molecule has 2 aromatic rings. The van der Waals surface area contributed by atoms with Crippen LogP contribution < -0.4 is 10.3 Å². The van der Waals surface area contributed by atoms with Gasteiger partial charge in [0.25, 0.3) is 0 Å². The molecule has 1 aromatic heterocycles. The van der Waals surface area contributed by atoms with Gasteiger partial charge >= 0.3 is 11.6 Å². The summed E-state index contributed by atoms with van der Waals surface area (Å²) in [6, 6.07) is 5.94. The SMILES string of the molecule is CC(CC(=O)O)NS(=O)(=O)c1ccc2oc(=O)ccc2c1. The van der Waals surface area contributed by atoms with E-state index in [1.54, 1.807) is 0 Å². The smallest absolute Gasteiger partial charge is 0.336 e. The van der Waals surface area contributed by atoms with Gasteiger partial charge in [0.1, 0.15) is 5.58 Å². The lowest BCUT2D eigenvalue weighted by atomic mass is 10.2. The predicted octanol–water partition coefficient (Wildman–Crippen LogP) is 0.934. The van der Waals surface area contributed by atoms with Crippen molar-refractivity contribution >= 4 is 27.0 Å². The number of sulfonamides is 1. The van der Waals surface area contributed by atoms with Gasteiger partial charge in [-0.05, 0) is 31.2 Å². The van der Waals surface area contributed by atoms with Crippen LogP contribution in [-0.4, -0.2) is 25.5 Å². The van der Waals surface area contributed by atoms with Gasteiger partial charge in [-0.3, -0.25) is 4.79 Å². The topological polar surface area (TPSA) is 114 Å². The maximum Gasteiger partial charge on any atom is 0.336 e. The third kappa shape index (κ3) is 3.67. The van der Waals surface area contributed by atoms with Crippen molar-refractivity contribution in [3.63, 3.8) is 0 Å². The quantitative estimate of drug-likeness (QED) is 0.794. The molecule has 7 nitrogen and oxygen atoms in total. The number of hydrogen-bond acceptors (Lipinski definition) is 5. The van der Waals surface area contributed by atoms with Crippen LogP contribution in [0.3, 0.4) is 0 Å². The second-order valence-corrected chi connectivity index (χ2v) is 6.29. The Balaban J connectivity index is 2.34. The predicted molar refractivity (Wildman–Crippen MR) is 74.5 cm³/mol. The molecular weight excluding hydrogens is 298 g/mol. The van der Waals surface area contributed by atoms with Crippen molar-refractivity contribution in [3.8, 4) is 0 Å². The third-order valence-corrected chi connectivity index (χ3v) is 4.33. The largest absolute Gasteiger partial charge is 0.481 e. The van der Waals surface area contributed by atoms with Crippen LogP contribution in [-0.2, 0) is 14.8 Å². The highest BCUT2D eigenvalue weighted by Gasteiger charge is 2.19. The first kappa shape index (κ1) is 15.2. The lowest BCUT2D eigenvalue weighted by molar-refractivity contribution is -0.137. The normalized spacial score (nSPS) is 13.2. The molecule has 0 aliphatic heterocycles. The van der Waals surface area contributed by atoms with E-state index in [-0.39, 0.29) is 16.9 Å². The molecule has 0 fully saturated rings. The van der Waals surface area contributed by atoms with Crippen LogP contribution in [0.5, 0.6) is 0 Å². The van der Waals surface area contributed by atoms with Gasteiger partial charge in [-0.15, -0.1) is 0 Å². The molecule has 1 heterocycles. The van der Waals surface area contributed by atoms with Crippen molar-refractivity contribution in [2.45, 2.75) is 24.3 Å². The Morgan fingerprint density at radius 1 is 1.33 bits per heavy atom. The number of carbonyl (C=O) groups is 1. The van der Waals surface area contributed by atoms with Crippen LogP contribution in [0.4, 0.5) is 0 Å². The maximum atomic E-state index is 12.1. The van der Waals surface area contributed by atoms with Crippen molar-refractivity contribution in [1.82, 2.24) is 4.72 Å². The molecule has 1 unspecified atom stereocenters. The van der Waals surface area contributed by atoms with Gasteiger partial charge in [0.2, 0.25) is 10.0 Å². The van der Waals surface area contributed by atoms with Crippen LogP contribution in [0.15, 0.2) is 44.4 Å². The third-order valence-electron chi connectivity index (χ3n) is 2.74. The van der Waals surface area contributed by atoms with Gasteiger partial charge in [0, 0.05) is 17.5 Å². The molecule has 8 heteroatoms. The van der Waals surface area contributed by atoms with Gasteiger partial charge in [0.05, 0.1) is 11.3 Å². The number of hydrogen-bond donors (Lipinski definition) is 2. The molecule has 2 N–H and O–H groups in total. The zero-order valence-electron chi connectivity index (χ0n) is 11.1. The monoisotopic (exact) mass is 311 g/mol. The maximum absolute atomic E-state index is 12.1. The number of benzene rings is 1. The van der Waals surface area contributed by atoms with E-state index < -0.39 is 27.7 Å². The van der Waals surface area contributed by atoms with Gasteiger partial charge < -0.3 is 9.52 Å². The second kappa shape index (κ2) is 5.66. The van der Waals surface area contributed by atoms with Crippen LogP contribution in [0.2, 0.25) is 0 Å². The van der Waals surface area contributed by atoms with Crippen molar-refractivity contribution < 1.29 is 22.7 Å². The van der Waals surface area contributed by atoms with Gasteiger partial charge in [-0.2, -0.15) is 0 Å². The van der Waals surface area contributed by atoms with E-state index in [2.05, 4.69) is 4.72 Å². The summed E-state index contributed by atoms with van der Waals surface area (Å²) in [7, 11) is -3.84. The van der Waals surface area contributed by atoms with Crippen molar-refractivity contribution in [3.05, 3.63) is 40.8 Å². The number of carboxylic acid groups (broad SMARTS) is 1. The van der Waals surface area contributed by atoms with Gasteiger partial charge in [-0.25, -0.2) is 17.9 Å². The number of rotatable bonds is 5. The van der Waals surface area contributed by atoms with E-state index in [4.69, 9.17) is 9.52 Å². The minimum atomic E-state index is -3.84. The fraction of sp³-hybridized carbons (Fsp3) is 0.231. The molecule has 1 atom stereocenters. The Morgan fingerprint density at radius 3 is 2.71 bits per heavy atom. The van der Waals surface area contributed by atoms with Crippen LogP contribution >= 0.6 is 0 Å². The van der Waals surface area contributed by atoms with E-state index in [1.807, 2.05) is 0 Å². The molecule has 21 heavy (non-hydrogen) atoms. The number of nitrogens with one attached hydrogen (secondary N) is 1. The van der Waals surface area contributed by atoms with Crippen LogP contribution in [0, 0.1) is 0 Å². The first-order valence-electron chi connectivity index (χ1n) is 6.06. The van der Waals surface area contributed by atoms with E-state index in [9.17, 15) is 18.0 Å². The molecule has 2 rings (SSSR count). The summed E-state index contributed by atoms with van der Waals surface area (Å²) < 4.78 is 31.5. The average Bonchev–Trinajstić information content (AvgIpc) is 2.36. The summed E-state index contributed by atoms with van der Waals surface area (Å²) in [5.41, 5.74) is -0.244. The molecular formula is C13H13NO6S. The summed E-state index contributed by atoms with van der Waals surface area (Å²) in [5.74, 6) is -1.09. The fourth-order valence-corrected chi connectivity index (χ4v) is 3.13. The molecule has 0 bridgehead atoms. The Morgan fingerprint density at radius 2 is 2.05 bits per heavy atom. The molecule has 0 aliphatic rings. The zero-order chi connectivity index (χ0) is 15.6. The second-order valence-electron chi connectivity index (χ2n) is 4.57. The Bertz CT molecular complexity index is 839. The Labute approximate surface area is 120 Å². The summed E-state index contributed by atoms with van der Waals surface area (Å²) in [6.07, 6.45) is -0.318. The van der Waals surface area contributed by atoms with Crippen molar-refractivity contribution in [2.75, 3.05) is 0 Å². The van der Waals surface area contributed by atoms with Crippen LogP contribution in [0.25, 0.3) is 11.0 Å². The van der Waals surface area contributed by atoms with E-state index in [0.717, 1.165) is 0 Å². The molecule has 0 radical (unpaired) electrons. The van der Waals surface area contributed by atoms with E-state index >= 15 is 0 Å². The molecule has 0 spiro atoms. The molecule has 0 saturated heterocycles. The van der Waals surface area contributed by atoms with E-state index in [1.165, 1.54) is 37.3 Å². The fourth-order valence-electron chi connectivity index (χ4n) is 1.85. The van der Waals surface area contributed by atoms with Crippen LogP contribution in [0.1, 0.15) is 13.3 Å². The molecule has 1 aromatic carbocycles. The highest BCUT2D eigenvalue weighted by atomic mass is 32.2. The standard InChI is InChI=1S/C13H13NO6S/c1-8(6-12(15)16)14-21(18,19)10-3-4-11-9(7-10)2-5-13(17)20-11/h2-5,7-8,14H,6H2,1H3,(H,15,16). The highest BCUT2D eigenvalue weighted by molar-refractivity contribution is 7.89. The van der Waals surface area contributed by atoms with Gasteiger partial charge in [0.15, 0.2) is 0 Å². The number of fused-ring (bicyclic) bond motifs is 1. The highest BCUT2D eigenvalue weighted by Crippen LogP contribution is 2.18. The summed E-state index contributed by atoms with van der Waals surface area (Å²) in [5, 5.41) is 9.10. The summed E-state index contributed by atoms with van der Waals surface area (Å²) in [4.78, 5) is 21.6. The van der Waals surface area contributed by atoms with Crippen molar-refractivity contribution in [2.24, 2.45) is 0 Å². The lowest BCUT2D eigenvalue weighted by Gasteiger charge is -2.12. The first-order chi connectivity index (χ1) is 9.78. The van der Waals surface area contributed by atoms with Crippen molar-refractivity contribution in [1.29, 1.82) is 0 Å². The number of aliphatic carboxylic acids is 1. The molecule has 112 valence electrons. The van der Waals surface area contributed by atoms with Gasteiger partial charge in [-0.1, -0.05) is 0 Å². The number of carboxylic acids is 1. The van der Waals surface area contributed by atoms with E-state index in [0.29, 0.717) is 5.39 Å². The lowest BCUT2D eigenvalue weighted by Crippen LogP contribution is -2.34. The molecule has 0 saturated carbocycles. The first-order valence-corrected chi connectivity index (χ1v) is 7.54. The Hall–Kier alpha value is -2.19. The average molecular weight is 311 g/mol. The molecule has 0 aliphatic carbocycles.